The second kappa shape index (κ2) is 3.73. The quantitative estimate of drug-likeness (QED) is 0.334. The number of rotatable bonds is 2. The molecule has 86 valence electrons. The van der Waals surface area contributed by atoms with Crippen molar-refractivity contribution in [3.8, 4) is 0 Å². The molecule has 1 aliphatic heterocycles. The van der Waals surface area contributed by atoms with Crippen LogP contribution in [0.15, 0.2) is 42.5 Å². The molecule has 1 aromatic carbocycles. The van der Waals surface area contributed by atoms with Crippen LogP contribution in [0, 0.1) is 5.21 Å². The number of carbonyl (C=O) groups is 1. The third kappa shape index (κ3) is 1.53. The summed E-state index contributed by atoms with van der Waals surface area (Å²) in [6, 6.07) is 8.44. The number of ether oxygens (including phenoxy) is 1. The van der Waals surface area contributed by atoms with Crippen molar-refractivity contribution in [3.63, 3.8) is 0 Å². The lowest BCUT2D eigenvalue weighted by Gasteiger charge is -2.05. The molecule has 0 radical (unpaired) electrons. The van der Waals surface area contributed by atoms with E-state index in [1.54, 1.807) is 24.3 Å². The van der Waals surface area contributed by atoms with E-state index in [1.165, 1.54) is 0 Å². The third-order valence-electron chi connectivity index (χ3n) is 3.06. The molecule has 4 heteroatoms. The van der Waals surface area contributed by atoms with Crippen LogP contribution < -0.4 is 0 Å². The molecule has 17 heavy (non-hydrogen) atoms. The molecule has 2 aliphatic rings. The van der Waals surface area contributed by atoms with E-state index in [1.807, 2.05) is 18.2 Å². The molecule has 0 fully saturated rings. The summed E-state index contributed by atoms with van der Waals surface area (Å²) in [4.78, 5) is 12.1. The van der Waals surface area contributed by atoms with Crippen molar-refractivity contribution in [1.29, 1.82) is 0 Å². The second-order valence-corrected chi connectivity index (χ2v) is 4.14. The van der Waals surface area contributed by atoms with Gasteiger partial charge in [0.2, 0.25) is 6.04 Å². The first-order chi connectivity index (χ1) is 8.27. The molecule has 0 aromatic heterocycles. The standard InChI is InChI=1S/C13H11NO3/c15-12(9-5-2-1-3-6-9)13-14(16)10-7-4-8-11(10)17-13/h1-6,8,10-11H,7H2/t10-,11+/m1/s1. The van der Waals surface area contributed by atoms with E-state index < -0.39 is 0 Å². The lowest BCUT2D eigenvalue weighted by molar-refractivity contribution is -0.489. The van der Waals surface area contributed by atoms with Gasteiger partial charge in [0.05, 0.1) is 0 Å². The minimum absolute atomic E-state index is 0.0875. The Kier molecular flexibility index (Phi) is 2.21. The van der Waals surface area contributed by atoms with E-state index in [-0.39, 0.29) is 23.8 Å². The number of fused-ring (bicyclic) bond motifs is 1. The van der Waals surface area contributed by atoms with Crippen molar-refractivity contribution in [3.05, 3.63) is 53.3 Å². The summed E-state index contributed by atoms with van der Waals surface area (Å²) in [5, 5.41) is 11.9. The van der Waals surface area contributed by atoms with E-state index in [2.05, 4.69) is 0 Å². The van der Waals surface area contributed by atoms with Crippen molar-refractivity contribution in [1.82, 2.24) is 0 Å². The van der Waals surface area contributed by atoms with Crippen LogP contribution in [-0.2, 0) is 4.74 Å². The Labute approximate surface area is 98.4 Å². The lowest BCUT2D eigenvalue weighted by Crippen LogP contribution is -2.25. The number of hydroxylamine groups is 1. The highest BCUT2D eigenvalue weighted by molar-refractivity contribution is 6.41. The van der Waals surface area contributed by atoms with Gasteiger partial charge in [-0.05, 0) is 6.08 Å². The number of benzene rings is 1. The zero-order chi connectivity index (χ0) is 11.8. The zero-order valence-corrected chi connectivity index (χ0v) is 9.08. The van der Waals surface area contributed by atoms with Crippen LogP contribution in [0.25, 0.3) is 0 Å². The molecule has 1 aliphatic carbocycles. The second-order valence-electron chi connectivity index (χ2n) is 4.14. The molecule has 2 atom stereocenters. The Morgan fingerprint density at radius 3 is 2.82 bits per heavy atom. The van der Waals surface area contributed by atoms with Crippen LogP contribution in [0.3, 0.4) is 0 Å². The molecular weight excluding hydrogens is 218 g/mol. The fourth-order valence-electron chi connectivity index (χ4n) is 2.16. The zero-order valence-electron chi connectivity index (χ0n) is 9.08. The van der Waals surface area contributed by atoms with Crippen LogP contribution in [0.4, 0.5) is 0 Å². The maximum Gasteiger partial charge on any atom is 0.424 e. The average Bonchev–Trinajstić information content (AvgIpc) is 2.93. The Bertz CT molecular complexity index is 519. The monoisotopic (exact) mass is 229 g/mol. The van der Waals surface area contributed by atoms with Crippen LogP contribution in [0.1, 0.15) is 16.8 Å². The molecule has 4 nitrogen and oxygen atoms in total. The van der Waals surface area contributed by atoms with Gasteiger partial charge in [0.1, 0.15) is 0 Å². The van der Waals surface area contributed by atoms with Gasteiger partial charge in [-0.3, -0.25) is 4.79 Å². The van der Waals surface area contributed by atoms with Crippen molar-refractivity contribution in [2.45, 2.75) is 18.6 Å². The molecule has 0 saturated heterocycles. The van der Waals surface area contributed by atoms with Gasteiger partial charge in [0.15, 0.2) is 6.10 Å². The molecule has 1 aromatic rings. The van der Waals surface area contributed by atoms with E-state index in [0.717, 1.165) is 0 Å². The smallest absolute Gasteiger partial charge is 0.424 e. The average molecular weight is 229 g/mol. The number of ketones is 1. The molecular formula is C13H11NO3. The molecule has 0 saturated carbocycles. The third-order valence-corrected chi connectivity index (χ3v) is 3.06. The van der Waals surface area contributed by atoms with Crippen LogP contribution in [0.5, 0.6) is 0 Å². The predicted octanol–water partition coefficient (Wildman–Crippen LogP) is 1.51. The SMILES string of the molecule is O=C(C1=[N+]([O-])[C@@H]2CC=C[C@@H]2O1)c1ccccc1. The fourth-order valence-corrected chi connectivity index (χ4v) is 2.16. The summed E-state index contributed by atoms with van der Waals surface area (Å²) < 4.78 is 6.12. The summed E-state index contributed by atoms with van der Waals surface area (Å²) in [6.45, 7) is 0. The Hall–Kier alpha value is -2.10. The Morgan fingerprint density at radius 1 is 1.35 bits per heavy atom. The number of carbonyl (C=O) groups excluding carboxylic acids is 1. The van der Waals surface area contributed by atoms with Crippen molar-refractivity contribution < 1.29 is 14.3 Å². The maximum absolute atomic E-state index is 12.1. The summed E-state index contributed by atoms with van der Waals surface area (Å²) in [5.74, 6) is -0.432. The summed E-state index contributed by atoms with van der Waals surface area (Å²) >= 11 is 0. The Morgan fingerprint density at radius 2 is 2.12 bits per heavy atom. The highest BCUT2D eigenvalue weighted by atomic mass is 16.6. The number of hydrogen-bond donors (Lipinski definition) is 0. The number of hydrogen-bond acceptors (Lipinski definition) is 3. The molecule has 0 bridgehead atoms. The van der Waals surface area contributed by atoms with Gasteiger partial charge in [-0.2, -0.15) is 4.74 Å². The number of Topliss-reactive ketones (excluding diaryl/α,β-unsaturated/α-hetero) is 1. The molecule has 1 heterocycles. The Balaban J connectivity index is 1.91. The molecule has 0 spiro atoms. The van der Waals surface area contributed by atoms with Gasteiger partial charge >= 0.3 is 5.90 Å². The van der Waals surface area contributed by atoms with E-state index in [0.29, 0.717) is 16.7 Å². The van der Waals surface area contributed by atoms with Crippen LogP contribution >= 0.6 is 0 Å². The van der Waals surface area contributed by atoms with Crippen LogP contribution in [0.2, 0.25) is 0 Å². The number of nitrogens with zero attached hydrogens (tertiary/aromatic N) is 1. The summed E-state index contributed by atoms with van der Waals surface area (Å²) in [6.07, 6.45) is 4.11. The normalized spacial score (nSPS) is 25.9. The van der Waals surface area contributed by atoms with E-state index in [4.69, 9.17) is 4.74 Å². The molecule has 0 N–H and O–H groups in total. The first kappa shape index (κ1) is 10.1. The summed E-state index contributed by atoms with van der Waals surface area (Å²) in [7, 11) is 0. The largest absolute Gasteiger partial charge is 0.621 e. The minimum atomic E-state index is -0.344. The van der Waals surface area contributed by atoms with Crippen LogP contribution in [-0.4, -0.2) is 28.6 Å². The predicted molar refractivity (Wildman–Crippen MR) is 61.8 cm³/mol. The van der Waals surface area contributed by atoms with E-state index in [9.17, 15) is 10.0 Å². The van der Waals surface area contributed by atoms with Gasteiger partial charge in [0, 0.05) is 12.0 Å². The molecule has 0 unspecified atom stereocenters. The van der Waals surface area contributed by atoms with Gasteiger partial charge in [-0.1, -0.05) is 36.4 Å². The van der Waals surface area contributed by atoms with Gasteiger partial charge < -0.3 is 9.94 Å². The lowest BCUT2D eigenvalue weighted by atomic mass is 10.1. The maximum atomic E-state index is 12.1. The van der Waals surface area contributed by atoms with Gasteiger partial charge in [-0.25, -0.2) is 0 Å². The summed E-state index contributed by atoms with van der Waals surface area (Å²) in [5.41, 5.74) is 0.479. The minimum Gasteiger partial charge on any atom is -0.621 e. The highest BCUT2D eigenvalue weighted by Crippen LogP contribution is 2.24. The van der Waals surface area contributed by atoms with Crippen molar-refractivity contribution in [2.24, 2.45) is 0 Å². The topological polar surface area (TPSA) is 52.4 Å². The van der Waals surface area contributed by atoms with E-state index >= 15 is 0 Å². The molecule has 0 amide bonds. The van der Waals surface area contributed by atoms with Crippen molar-refractivity contribution >= 4 is 11.7 Å². The van der Waals surface area contributed by atoms with Gasteiger partial charge in [-0.15, -0.1) is 0 Å². The first-order valence-corrected chi connectivity index (χ1v) is 5.54. The first-order valence-electron chi connectivity index (χ1n) is 5.54. The highest BCUT2D eigenvalue weighted by Gasteiger charge is 2.44. The fraction of sp³-hybridized carbons (Fsp3) is 0.231. The van der Waals surface area contributed by atoms with Crippen molar-refractivity contribution in [2.75, 3.05) is 0 Å². The van der Waals surface area contributed by atoms with Gasteiger partial charge in [0.25, 0.3) is 5.78 Å². The molecule has 3 rings (SSSR count).